The monoisotopic (exact) mass is 347 g/mol. The lowest BCUT2D eigenvalue weighted by atomic mass is 9.93. The highest BCUT2D eigenvalue weighted by Crippen LogP contribution is 2.35. The zero-order valence-electron chi connectivity index (χ0n) is 12.9. The van der Waals surface area contributed by atoms with Gasteiger partial charge in [-0.15, -0.1) is 0 Å². The van der Waals surface area contributed by atoms with Gasteiger partial charge in [0.05, 0.1) is 11.5 Å². The van der Waals surface area contributed by atoms with Gasteiger partial charge >= 0.3 is 0 Å². The maximum absolute atomic E-state index is 12.5. The van der Waals surface area contributed by atoms with Crippen molar-refractivity contribution in [2.24, 2.45) is 0 Å². The predicted molar refractivity (Wildman–Crippen MR) is 87.0 cm³/mol. The second kappa shape index (κ2) is 5.99. The van der Waals surface area contributed by atoms with E-state index in [2.05, 4.69) is 4.72 Å². The fourth-order valence-corrected chi connectivity index (χ4v) is 4.06. The summed E-state index contributed by atoms with van der Waals surface area (Å²) >= 11 is 0. The number of sulfonamides is 1. The van der Waals surface area contributed by atoms with Gasteiger partial charge < -0.3 is 14.2 Å². The Morgan fingerprint density at radius 2 is 1.83 bits per heavy atom. The van der Waals surface area contributed by atoms with Crippen molar-refractivity contribution in [2.45, 2.75) is 17.2 Å². The normalized spacial score (nSPS) is 18.8. The molecule has 1 N–H and O–H groups in total. The molecule has 1 unspecified atom stereocenters. The highest BCUT2D eigenvalue weighted by molar-refractivity contribution is 7.89. The van der Waals surface area contributed by atoms with Crippen molar-refractivity contribution in [1.29, 1.82) is 0 Å². The standard InChI is InChI=1S/C17H17NO5S/c19-24(20,13-5-6-16-17(9-13)23-11-22-16)18-10-12-7-8-21-15-4-2-1-3-14(12)15/h1-6,9,12,18H,7-8,10-11H2. The van der Waals surface area contributed by atoms with Crippen LogP contribution in [0.25, 0.3) is 0 Å². The zero-order chi connectivity index (χ0) is 16.6. The molecule has 6 nitrogen and oxygen atoms in total. The van der Waals surface area contributed by atoms with Gasteiger partial charge in [-0.3, -0.25) is 0 Å². The van der Waals surface area contributed by atoms with E-state index in [0.717, 1.165) is 17.7 Å². The highest BCUT2D eigenvalue weighted by atomic mass is 32.2. The molecule has 0 spiro atoms. The molecular weight excluding hydrogens is 330 g/mol. The fourth-order valence-electron chi connectivity index (χ4n) is 2.97. The molecule has 2 aliphatic heterocycles. The molecule has 2 heterocycles. The molecule has 0 amide bonds. The summed E-state index contributed by atoms with van der Waals surface area (Å²) in [5.41, 5.74) is 1.04. The Morgan fingerprint density at radius 1 is 1.00 bits per heavy atom. The van der Waals surface area contributed by atoms with Crippen LogP contribution < -0.4 is 18.9 Å². The largest absolute Gasteiger partial charge is 0.493 e. The van der Waals surface area contributed by atoms with Crippen molar-refractivity contribution in [2.75, 3.05) is 19.9 Å². The number of rotatable bonds is 4. The molecule has 4 rings (SSSR count). The molecule has 7 heteroatoms. The van der Waals surface area contributed by atoms with Crippen molar-refractivity contribution in [3.8, 4) is 17.2 Å². The number of benzene rings is 2. The van der Waals surface area contributed by atoms with Crippen molar-refractivity contribution in [1.82, 2.24) is 4.72 Å². The predicted octanol–water partition coefficient (Wildman–Crippen LogP) is 2.26. The molecule has 0 fully saturated rings. The van der Waals surface area contributed by atoms with Gasteiger partial charge in [-0.2, -0.15) is 0 Å². The van der Waals surface area contributed by atoms with E-state index in [1.165, 1.54) is 12.1 Å². The van der Waals surface area contributed by atoms with Crippen LogP contribution in [-0.4, -0.2) is 28.4 Å². The summed E-state index contributed by atoms with van der Waals surface area (Å²) in [6.45, 7) is 1.04. The molecule has 0 bridgehead atoms. The number of hydrogen-bond acceptors (Lipinski definition) is 5. The summed E-state index contributed by atoms with van der Waals surface area (Å²) < 4.78 is 43.9. The van der Waals surface area contributed by atoms with Crippen LogP contribution in [0, 0.1) is 0 Å². The van der Waals surface area contributed by atoms with Crippen LogP contribution in [0.15, 0.2) is 47.4 Å². The van der Waals surface area contributed by atoms with E-state index < -0.39 is 10.0 Å². The number of fused-ring (bicyclic) bond motifs is 2. The Morgan fingerprint density at radius 3 is 2.75 bits per heavy atom. The Hall–Kier alpha value is -2.25. The van der Waals surface area contributed by atoms with E-state index in [1.807, 2.05) is 24.3 Å². The summed E-state index contributed by atoms with van der Waals surface area (Å²) in [7, 11) is -3.61. The molecular formula is C17H17NO5S. The van der Waals surface area contributed by atoms with Gasteiger partial charge in [-0.05, 0) is 30.2 Å². The molecule has 0 aliphatic carbocycles. The van der Waals surface area contributed by atoms with Gasteiger partial charge in [0.2, 0.25) is 16.8 Å². The molecule has 2 aliphatic rings. The third-order valence-corrected chi connectivity index (χ3v) is 5.68. The number of ether oxygens (including phenoxy) is 3. The average molecular weight is 347 g/mol. The number of nitrogens with one attached hydrogen (secondary N) is 1. The van der Waals surface area contributed by atoms with E-state index in [4.69, 9.17) is 14.2 Å². The molecule has 2 aromatic carbocycles. The van der Waals surface area contributed by atoms with Crippen LogP contribution in [-0.2, 0) is 10.0 Å². The minimum absolute atomic E-state index is 0.0961. The average Bonchev–Trinajstić information content (AvgIpc) is 3.07. The molecule has 0 saturated heterocycles. The smallest absolute Gasteiger partial charge is 0.240 e. The molecule has 24 heavy (non-hydrogen) atoms. The summed E-state index contributed by atoms with van der Waals surface area (Å²) in [5, 5.41) is 0. The second-order valence-electron chi connectivity index (χ2n) is 5.74. The van der Waals surface area contributed by atoms with E-state index in [0.29, 0.717) is 24.7 Å². The van der Waals surface area contributed by atoms with Gasteiger partial charge in [-0.1, -0.05) is 18.2 Å². The van der Waals surface area contributed by atoms with Crippen LogP contribution in [0.4, 0.5) is 0 Å². The van der Waals surface area contributed by atoms with Gasteiger partial charge in [0.15, 0.2) is 11.5 Å². The van der Waals surface area contributed by atoms with E-state index >= 15 is 0 Å². The van der Waals surface area contributed by atoms with Gasteiger partial charge in [-0.25, -0.2) is 13.1 Å². The zero-order valence-corrected chi connectivity index (χ0v) is 13.7. The number of hydrogen-bond donors (Lipinski definition) is 1. The van der Waals surface area contributed by atoms with Gasteiger partial charge in [0.25, 0.3) is 0 Å². The van der Waals surface area contributed by atoms with Crippen LogP contribution >= 0.6 is 0 Å². The van der Waals surface area contributed by atoms with Gasteiger partial charge in [0, 0.05) is 18.5 Å². The molecule has 126 valence electrons. The minimum Gasteiger partial charge on any atom is -0.493 e. The fraction of sp³-hybridized carbons (Fsp3) is 0.294. The summed E-state index contributed by atoms with van der Waals surface area (Å²) in [5.74, 6) is 1.94. The highest BCUT2D eigenvalue weighted by Gasteiger charge is 2.25. The first-order chi connectivity index (χ1) is 11.6. The van der Waals surface area contributed by atoms with Crippen molar-refractivity contribution in [3.05, 3.63) is 48.0 Å². The quantitative estimate of drug-likeness (QED) is 0.918. The Balaban J connectivity index is 1.51. The summed E-state index contributed by atoms with van der Waals surface area (Å²) in [6, 6.07) is 12.4. The second-order valence-corrected chi connectivity index (χ2v) is 7.51. The van der Waals surface area contributed by atoms with Crippen LogP contribution in [0.2, 0.25) is 0 Å². The Bertz CT molecular complexity index is 865. The third kappa shape index (κ3) is 2.81. The molecule has 0 radical (unpaired) electrons. The Kier molecular flexibility index (Phi) is 3.82. The minimum atomic E-state index is -3.61. The maximum Gasteiger partial charge on any atom is 0.240 e. The lowest BCUT2D eigenvalue weighted by Gasteiger charge is -2.26. The first kappa shape index (κ1) is 15.3. The van der Waals surface area contributed by atoms with Crippen LogP contribution in [0.1, 0.15) is 17.9 Å². The SMILES string of the molecule is O=S(=O)(NCC1CCOc2ccccc21)c1ccc2c(c1)OCO2. The molecule has 0 aromatic heterocycles. The topological polar surface area (TPSA) is 73.9 Å². The van der Waals surface area contributed by atoms with Crippen molar-refractivity contribution >= 4 is 10.0 Å². The van der Waals surface area contributed by atoms with E-state index in [1.54, 1.807) is 6.07 Å². The first-order valence-electron chi connectivity index (χ1n) is 7.74. The van der Waals surface area contributed by atoms with Gasteiger partial charge in [0.1, 0.15) is 5.75 Å². The third-order valence-electron chi connectivity index (χ3n) is 4.26. The van der Waals surface area contributed by atoms with Crippen molar-refractivity contribution < 1.29 is 22.6 Å². The van der Waals surface area contributed by atoms with E-state index in [9.17, 15) is 8.42 Å². The van der Waals surface area contributed by atoms with Crippen molar-refractivity contribution in [3.63, 3.8) is 0 Å². The summed E-state index contributed by atoms with van der Waals surface area (Å²) in [6.07, 6.45) is 0.778. The maximum atomic E-state index is 12.5. The Labute approximate surface area is 140 Å². The lowest BCUT2D eigenvalue weighted by molar-refractivity contribution is 0.174. The molecule has 1 atom stereocenters. The molecule has 0 saturated carbocycles. The van der Waals surface area contributed by atoms with Crippen LogP contribution in [0.5, 0.6) is 17.2 Å². The first-order valence-corrected chi connectivity index (χ1v) is 9.23. The number of para-hydroxylation sites is 1. The van der Waals surface area contributed by atoms with E-state index in [-0.39, 0.29) is 17.6 Å². The lowest BCUT2D eigenvalue weighted by Crippen LogP contribution is -2.30. The summed E-state index contributed by atoms with van der Waals surface area (Å²) in [4.78, 5) is 0.173. The molecule has 2 aromatic rings. The van der Waals surface area contributed by atoms with Crippen LogP contribution in [0.3, 0.4) is 0 Å².